The van der Waals surface area contributed by atoms with E-state index in [1.54, 1.807) is 4.68 Å². The summed E-state index contributed by atoms with van der Waals surface area (Å²) in [5, 5.41) is 4.29. The van der Waals surface area contributed by atoms with Gasteiger partial charge in [-0.25, -0.2) is 4.98 Å². The van der Waals surface area contributed by atoms with Crippen molar-refractivity contribution in [3.8, 4) is 22.6 Å². The van der Waals surface area contributed by atoms with Crippen LogP contribution in [0.25, 0.3) is 33.7 Å². The predicted octanol–water partition coefficient (Wildman–Crippen LogP) is 2.82. The molecule has 0 aliphatic carbocycles. The van der Waals surface area contributed by atoms with Gasteiger partial charge in [-0.15, -0.1) is 0 Å². The van der Waals surface area contributed by atoms with Crippen molar-refractivity contribution in [1.82, 2.24) is 29.6 Å². The minimum atomic E-state index is 0.828. The number of anilines is 1. The van der Waals surface area contributed by atoms with Gasteiger partial charge in [0.2, 0.25) is 0 Å². The zero-order valence-electron chi connectivity index (χ0n) is 16.5. The van der Waals surface area contributed by atoms with E-state index in [0.717, 1.165) is 65.6 Å². The van der Waals surface area contributed by atoms with Crippen molar-refractivity contribution in [2.75, 3.05) is 38.1 Å². The molecule has 0 bridgehead atoms. The standard InChI is InChI=1S/C21H24N7/c1-14-10-17(15-12-22-27(3)13-15)20(23-14)21-24-18-5-4-16(11-19(18)25-21)28-8-6-26(2)7-9-28/h4-5,11-13,23H,6-9H2,1-3H3,(H,24,25). The number of benzene rings is 1. The molecule has 7 heteroatoms. The molecule has 7 nitrogen and oxygen atoms in total. The lowest BCUT2D eigenvalue weighted by molar-refractivity contribution is 0.313. The summed E-state index contributed by atoms with van der Waals surface area (Å²) in [5.41, 5.74) is 7.20. The summed E-state index contributed by atoms with van der Waals surface area (Å²) in [6.45, 7) is 6.30. The van der Waals surface area contributed by atoms with Gasteiger partial charge in [0.05, 0.1) is 22.9 Å². The highest BCUT2D eigenvalue weighted by Crippen LogP contribution is 2.32. The fourth-order valence-electron chi connectivity index (χ4n) is 3.85. The summed E-state index contributed by atoms with van der Waals surface area (Å²) in [6.07, 6.45) is 3.85. The number of imidazole rings is 1. The number of nitrogens with zero attached hydrogens (tertiary/aromatic N) is 5. The molecule has 1 aromatic carbocycles. The second-order valence-electron chi connectivity index (χ2n) is 7.60. The number of fused-ring (bicyclic) bond motifs is 1. The van der Waals surface area contributed by atoms with Crippen LogP contribution in [0.2, 0.25) is 0 Å². The molecule has 0 amide bonds. The van der Waals surface area contributed by atoms with Gasteiger partial charge in [0.15, 0.2) is 5.82 Å². The van der Waals surface area contributed by atoms with Gasteiger partial charge in [0.1, 0.15) is 0 Å². The van der Waals surface area contributed by atoms with Gasteiger partial charge >= 0.3 is 0 Å². The Morgan fingerprint density at radius 3 is 2.64 bits per heavy atom. The van der Waals surface area contributed by atoms with Gasteiger partial charge < -0.3 is 19.8 Å². The second kappa shape index (κ2) is 6.53. The Morgan fingerprint density at radius 1 is 1.07 bits per heavy atom. The summed E-state index contributed by atoms with van der Waals surface area (Å²) in [7, 11) is 4.10. The normalized spacial score (nSPS) is 15.6. The lowest BCUT2D eigenvalue weighted by Crippen LogP contribution is -2.44. The lowest BCUT2D eigenvalue weighted by Gasteiger charge is -2.34. The van der Waals surface area contributed by atoms with Gasteiger partial charge in [0, 0.05) is 68.0 Å². The molecule has 2 N–H and O–H groups in total. The first-order chi connectivity index (χ1) is 13.6. The maximum Gasteiger partial charge on any atom is 0.155 e. The molecule has 0 spiro atoms. The summed E-state index contributed by atoms with van der Waals surface area (Å²) < 4.78 is 1.80. The number of H-pyrrole nitrogens is 2. The smallest absolute Gasteiger partial charge is 0.155 e. The third-order valence-corrected chi connectivity index (χ3v) is 5.44. The topological polar surface area (TPSA) is 68.8 Å². The molecule has 0 saturated carbocycles. The molecular formula is C21H24N7. The van der Waals surface area contributed by atoms with E-state index in [0.29, 0.717) is 0 Å². The number of nitrogens with one attached hydrogen (secondary N) is 2. The van der Waals surface area contributed by atoms with E-state index in [-0.39, 0.29) is 0 Å². The Bertz CT molecular complexity index is 1130. The van der Waals surface area contributed by atoms with Crippen LogP contribution in [0.1, 0.15) is 5.69 Å². The molecule has 0 atom stereocenters. The number of aryl methyl sites for hydroxylation is 2. The Balaban J connectivity index is 1.52. The molecule has 4 aromatic rings. The van der Waals surface area contributed by atoms with Crippen molar-refractivity contribution in [2.24, 2.45) is 7.05 Å². The minimum absolute atomic E-state index is 0.828. The first-order valence-corrected chi connectivity index (χ1v) is 9.61. The van der Waals surface area contributed by atoms with Crippen LogP contribution >= 0.6 is 0 Å². The van der Waals surface area contributed by atoms with Crippen molar-refractivity contribution >= 4 is 16.7 Å². The molecule has 28 heavy (non-hydrogen) atoms. The third-order valence-electron chi connectivity index (χ3n) is 5.44. The monoisotopic (exact) mass is 374 g/mol. The van der Waals surface area contributed by atoms with Crippen molar-refractivity contribution in [3.63, 3.8) is 0 Å². The Kier molecular flexibility index (Phi) is 3.98. The summed E-state index contributed by atoms with van der Waals surface area (Å²) >= 11 is 0. The molecule has 0 unspecified atom stereocenters. The quantitative estimate of drug-likeness (QED) is 0.579. The molecule has 4 heterocycles. The number of rotatable bonds is 3. The van der Waals surface area contributed by atoms with Crippen LogP contribution in [0.5, 0.6) is 0 Å². The average molecular weight is 374 g/mol. The van der Waals surface area contributed by atoms with Crippen molar-refractivity contribution < 1.29 is 0 Å². The molecule has 1 aliphatic heterocycles. The highest BCUT2D eigenvalue weighted by Gasteiger charge is 2.18. The Morgan fingerprint density at radius 2 is 1.89 bits per heavy atom. The molecule has 1 saturated heterocycles. The fourth-order valence-corrected chi connectivity index (χ4v) is 3.85. The average Bonchev–Trinajstić information content (AvgIpc) is 3.39. The van der Waals surface area contributed by atoms with Crippen LogP contribution in [0.3, 0.4) is 0 Å². The van der Waals surface area contributed by atoms with Crippen molar-refractivity contribution in [3.05, 3.63) is 42.4 Å². The molecule has 1 fully saturated rings. The van der Waals surface area contributed by atoms with E-state index in [9.17, 15) is 0 Å². The van der Waals surface area contributed by atoms with E-state index >= 15 is 0 Å². The van der Waals surface area contributed by atoms with Gasteiger partial charge in [0.25, 0.3) is 0 Å². The zero-order chi connectivity index (χ0) is 19.3. The highest BCUT2D eigenvalue weighted by atomic mass is 15.2. The summed E-state index contributed by atoms with van der Waals surface area (Å²) in [6, 6.07) is 9.90. The van der Waals surface area contributed by atoms with Crippen molar-refractivity contribution in [2.45, 2.75) is 6.92 Å². The molecule has 1 radical (unpaired) electrons. The molecule has 5 rings (SSSR count). The molecule has 143 valence electrons. The zero-order valence-corrected chi connectivity index (χ0v) is 16.5. The van der Waals surface area contributed by atoms with Gasteiger partial charge in [-0.3, -0.25) is 4.68 Å². The second-order valence-corrected chi connectivity index (χ2v) is 7.60. The highest BCUT2D eigenvalue weighted by molar-refractivity contribution is 5.86. The maximum atomic E-state index is 4.89. The lowest BCUT2D eigenvalue weighted by atomic mass is 10.1. The number of likely N-dealkylation sites (N-methyl/N-ethyl adjacent to an activating group) is 1. The van der Waals surface area contributed by atoms with Gasteiger partial charge in [-0.1, -0.05) is 0 Å². The first-order valence-electron chi connectivity index (χ1n) is 9.61. The Labute approximate surface area is 164 Å². The predicted molar refractivity (Wildman–Crippen MR) is 111 cm³/mol. The van der Waals surface area contributed by atoms with Crippen LogP contribution in [-0.2, 0) is 7.05 Å². The maximum absolute atomic E-state index is 4.89. The number of hydrogen-bond acceptors (Lipinski definition) is 4. The van der Waals surface area contributed by atoms with E-state index in [4.69, 9.17) is 4.98 Å². The molecule has 3 aromatic heterocycles. The minimum Gasteiger partial charge on any atom is -0.369 e. The van der Waals surface area contributed by atoms with E-state index in [1.807, 2.05) is 26.4 Å². The summed E-state index contributed by atoms with van der Waals surface area (Å²) in [4.78, 5) is 16.6. The van der Waals surface area contributed by atoms with Crippen LogP contribution < -0.4 is 4.90 Å². The summed E-state index contributed by atoms with van der Waals surface area (Å²) in [5.74, 6) is 0.828. The first kappa shape index (κ1) is 17.1. The van der Waals surface area contributed by atoms with Gasteiger partial charge in [-0.2, -0.15) is 5.10 Å². The number of aromatic nitrogens is 5. The number of hydrogen-bond donors (Lipinski definition) is 2. The van der Waals surface area contributed by atoms with E-state index in [1.165, 1.54) is 5.69 Å². The fraction of sp³-hybridized carbons (Fsp3) is 0.333. The largest absolute Gasteiger partial charge is 0.369 e. The number of aromatic amines is 2. The van der Waals surface area contributed by atoms with Crippen LogP contribution in [0, 0.1) is 13.0 Å². The van der Waals surface area contributed by atoms with Crippen LogP contribution in [0.15, 0.2) is 30.6 Å². The van der Waals surface area contributed by atoms with Gasteiger partial charge in [-0.05, 0) is 32.2 Å². The third kappa shape index (κ3) is 2.97. The Hall–Kier alpha value is -3.06. The van der Waals surface area contributed by atoms with Crippen molar-refractivity contribution in [1.29, 1.82) is 0 Å². The van der Waals surface area contributed by atoms with E-state index in [2.05, 4.69) is 56.2 Å². The van der Waals surface area contributed by atoms with Crippen LogP contribution in [-0.4, -0.2) is 62.9 Å². The van der Waals surface area contributed by atoms with Crippen LogP contribution in [0.4, 0.5) is 5.69 Å². The van der Waals surface area contributed by atoms with E-state index < -0.39 is 0 Å². The molecule has 1 aliphatic rings. The number of piperazine rings is 1. The molecular weight excluding hydrogens is 350 g/mol. The SMILES string of the molecule is Cc1[c]c(-c2cnn(C)c2)c(-c2nc3cc(N4CCN(C)CC4)ccc3[nH]2)[nH]1.